The summed E-state index contributed by atoms with van der Waals surface area (Å²) in [6.45, 7) is 2.92. The number of carbonyl (C=O) groups is 2. The summed E-state index contributed by atoms with van der Waals surface area (Å²) < 4.78 is 5.18. The second-order valence-electron chi connectivity index (χ2n) is 7.80. The van der Waals surface area contributed by atoms with Gasteiger partial charge in [0.1, 0.15) is 12.9 Å². The van der Waals surface area contributed by atoms with E-state index >= 15 is 0 Å². The summed E-state index contributed by atoms with van der Waals surface area (Å²) in [6, 6.07) is 17.5. The molecule has 3 rings (SSSR count). The van der Waals surface area contributed by atoms with Crippen molar-refractivity contribution in [1.29, 1.82) is 0 Å². The molecule has 6 nitrogen and oxygen atoms in total. The van der Waals surface area contributed by atoms with Crippen LogP contribution < -0.4 is 16.4 Å². The zero-order valence-electron chi connectivity index (χ0n) is 16.7. The number of rotatable bonds is 10. The molecular formula is C23H29N3O3. The minimum atomic E-state index is -0.583. The fourth-order valence-corrected chi connectivity index (χ4v) is 3.32. The van der Waals surface area contributed by atoms with Gasteiger partial charge in [0.05, 0.1) is 6.04 Å². The van der Waals surface area contributed by atoms with Gasteiger partial charge in [-0.25, -0.2) is 4.79 Å². The number of alkyl carbamates (subject to hydrolysis) is 1. The molecule has 0 spiro atoms. The van der Waals surface area contributed by atoms with Crippen LogP contribution in [0.3, 0.4) is 0 Å². The summed E-state index contributed by atoms with van der Waals surface area (Å²) >= 11 is 0. The maximum atomic E-state index is 11.9. The van der Waals surface area contributed by atoms with Crippen molar-refractivity contribution in [1.82, 2.24) is 5.32 Å². The van der Waals surface area contributed by atoms with E-state index in [-0.39, 0.29) is 12.5 Å². The number of anilines is 1. The standard InChI is InChI=1S/C23H29N3O3/c1-16(13-25-19-9-7-18(8-10-19)21-12-22(21)24)11-20(14-27)26-23(28)29-15-17-5-3-2-4-6-17/h2-10,14,16,20-22,25H,11-13,15,24H2,1H3,(H,26,28). The van der Waals surface area contributed by atoms with E-state index in [0.29, 0.717) is 24.9 Å². The third-order valence-corrected chi connectivity index (χ3v) is 5.17. The highest BCUT2D eigenvalue weighted by Gasteiger charge is 2.34. The number of ether oxygens (including phenoxy) is 1. The van der Waals surface area contributed by atoms with Crippen LogP contribution in [0.2, 0.25) is 0 Å². The quantitative estimate of drug-likeness (QED) is 0.536. The van der Waals surface area contributed by atoms with E-state index in [1.165, 1.54) is 5.56 Å². The Morgan fingerprint density at radius 2 is 1.90 bits per heavy atom. The number of hydrogen-bond acceptors (Lipinski definition) is 5. The van der Waals surface area contributed by atoms with E-state index in [0.717, 1.165) is 24.0 Å². The van der Waals surface area contributed by atoms with Gasteiger partial charge in [0.15, 0.2) is 0 Å². The Bertz CT molecular complexity index is 795. The molecule has 29 heavy (non-hydrogen) atoms. The second kappa shape index (κ2) is 10.1. The number of carbonyl (C=O) groups excluding carboxylic acids is 2. The van der Waals surface area contributed by atoms with Crippen LogP contribution in [0.1, 0.15) is 36.8 Å². The van der Waals surface area contributed by atoms with Crippen molar-refractivity contribution >= 4 is 18.1 Å². The summed E-state index contributed by atoms with van der Waals surface area (Å²) in [6.07, 6.45) is 1.78. The first-order chi connectivity index (χ1) is 14.0. The molecule has 0 heterocycles. The van der Waals surface area contributed by atoms with Gasteiger partial charge in [0.2, 0.25) is 0 Å². The minimum absolute atomic E-state index is 0.178. The number of hydrogen-bond donors (Lipinski definition) is 3. The summed E-state index contributed by atoms with van der Waals surface area (Å²) in [5.74, 6) is 0.695. The van der Waals surface area contributed by atoms with Gasteiger partial charge >= 0.3 is 6.09 Å². The molecule has 4 unspecified atom stereocenters. The first-order valence-electron chi connectivity index (χ1n) is 10.1. The van der Waals surface area contributed by atoms with Crippen LogP contribution in [0.25, 0.3) is 0 Å². The lowest BCUT2D eigenvalue weighted by Gasteiger charge is -2.18. The summed E-state index contributed by atoms with van der Waals surface area (Å²) in [7, 11) is 0. The molecular weight excluding hydrogens is 366 g/mol. The number of aldehydes is 1. The Morgan fingerprint density at radius 1 is 1.21 bits per heavy atom. The summed E-state index contributed by atoms with van der Waals surface area (Å²) in [5.41, 5.74) is 9.12. The average molecular weight is 396 g/mol. The Labute approximate surface area is 171 Å². The smallest absolute Gasteiger partial charge is 0.408 e. The van der Waals surface area contributed by atoms with Crippen LogP contribution in [0.4, 0.5) is 10.5 Å². The monoisotopic (exact) mass is 395 g/mol. The predicted octanol–water partition coefficient (Wildman–Crippen LogP) is 3.43. The fraction of sp³-hybridized carbons (Fsp3) is 0.391. The number of benzene rings is 2. The molecule has 1 amide bonds. The number of nitrogens with two attached hydrogens (primary N) is 1. The Hall–Kier alpha value is -2.86. The molecule has 0 saturated heterocycles. The third kappa shape index (κ3) is 6.61. The lowest BCUT2D eigenvalue weighted by Crippen LogP contribution is -2.38. The number of amides is 1. The average Bonchev–Trinajstić information content (AvgIpc) is 3.48. The first kappa shape index (κ1) is 20.9. The topological polar surface area (TPSA) is 93.5 Å². The molecule has 0 aliphatic heterocycles. The molecule has 4 N–H and O–H groups in total. The van der Waals surface area contributed by atoms with E-state index in [4.69, 9.17) is 10.5 Å². The molecule has 1 fully saturated rings. The SMILES string of the molecule is CC(CNc1ccc(C2CC2N)cc1)CC(C=O)NC(=O)OCc1ccccc1. The zero-order valence-corrected chi connectivity index (χ0v) is 16.7. The molecule has 1 saturated carbocycles. The van der Waals surface area contributed by atoms with E-state index in [1.807, 2.05) is 37.3 Å². The maximum Gasteiger partial charge on any atom is 0.408 e. The first-order valence-corrected chi connectivity index (χ1v) is 10.1. The molecule has 1 aliphatic rings. The van der Waals surface area contributed by atoms with Gasteiger partial charge in [-0.05, 0) is 42.0 Å². The highest BCUT2D eigenvalue weighted by molar-refractivity contribution is 5.73. The van der Waals surface area contributed by atoms with E-state index in [1.54, 1.807) is 0 Å². The zero-order chi connectivity index (χ0) is 20.6. The van der Waals surface area contributed by atoms with Crippen LogP contribution in [0.15, 0.2) is 54.6 Å². The molecule has 0 aromatic heterocycles. The van der Waals surface area contributed by atoms with Crippen molar-refractivity contribution in [2.45, 2.75) is 44.4 Å². The van der Waals surface area contributed by atoms with Crippen LogP contribution in [-0.4, -0.2) is 31.0 Å². The molecule has 4 atom stereocenters. The van der Waals surface area contributed by atoms with E-state index in [2.05, 4.69) is 34.9 Å². The van der Waals surface area contributed by atoms with Gasteiger partial charge in [-0.3, -0.25) is 0 Å². The lowest BCUT2D eigenvalue weighted by molar-refractivity contribution is -0.109. The molecule has 1 aliphatic carbocycles. The molecule has 6 heteroatoms. The van der Waals surface area contributed by atoms with Crippen molar-refractivity contribution in [2.24, 2.45) is 11.7 Å². The van der Waals surface area contributed by atoms with Crippen molar-refractivity contribution in [3.8, 4) is 0 Å². The predicted molar refractivity (Wildman–Crippen MR) is 114 cm³/mol. The van der Waals surface area contributed by atoms with Gasteiger partial charge in [0.25, 0.3) is 0 Å². The third-order valence-electron chi connectivity index (χ3n) is 5.17. The van der Waals surface area contributed by atoms with Gasteiger partial charge < -0.3 is 25.9 Å². The van der Waals surface area contributed by atoms with Crippen LogP contribution >= 0.6 is 0 Å². The van der Waals surface area contributed by atoms with Crippen LogP contribution in [0.5, 0.6) is 0 Å². The van der Waals surface area contributed by atoms with E-state index < -0.39 is 12.1 Å². The summed E-state index contributed by atoms with van der Waals surface area (Å²) in [5, 5.41) is 6.01. The van der Waals surface area contributed by atoms with Crippen LogP contribution in [0, 0.1) is 5.92 Å². The van der Waals surface area contributed by atoms with Crippen molar-refractivity contribution in [3.63, 3.8) is 0 Å². The summed E-state index contributed by atoms with van der Waals surface area (Å²) in [4.78, 5) is 23.3. The Balaban J connectivity index is 1.38. The van der Waals surface area contributed by atoms with Crippen molar-refractivity contribution in [2.75, 3.05) is 11.9 Å². The van der Waals surface area contributed by atoms with Gasteiger partial charge in [0, 0.05) is 24.2 Å². The maximum absolute atomic E-state index is 11.9. The molecule has 154 valence electrons. The minimum Gasteiger partial charge on any atom is -0.445 e. The largest absolute Gasteiger partial charge is 0.445 e. The van der Waals surface area contributed by atoms with Crippen molar-refractivity contribution in [3.05, 3.63) is 65.7 Å². The Kier molecular flexibility index (Phi) is 7.25. The van der Waals surface area contributed by atoms with Crippen LogP contribution in [-0.2, 0) is 16.1 Å². The lowest BCUT2D eigenvalue weighted by atomic mass is 10.0. The van der Waals surface area contributed by atoms with Gasteiger partial charge in [-0.15, -0.1) is 0 Å². The van der Waals surface area contributed by atoms with Crippen molar-refractivity contribution < 1.29 is 14.3 Å². The van der Waals surface area contributed by atoms with Gasteiger partial charge in [-0.1, -0.05) is 49.4 Å². The fourth-order valence-electron chi connectivity index (χ4n) is 3.32. The molecule has 2 aromatic carbocycles. The van der Waals surface area contributed by atoms with Gasteiger partial charge in [-0.2, -0.15) is 0 Å². The Morgan fingerprint density at radius 3 is 2.52 bits per heavy atom. The van der Waals surface area contributed by atoms with E-state index in [9.17, 15) is 9.59 Å². The normalized spacial score (nSPS) is 19.7. The molecule has 2 aromatic rings. The molecule has 0 radical (unpaired) electrons. The highest BCUT2D eigenvalue weighted by atomic mass is 16.5. The second-order valence-corrected chi connectivity index (χ2v) is 7.80. The highest BCUT2D eigenvalue weighted by Crippen LogP contribution is 2.39. The number of nitrogens with one attached hydrogen (secondary N) is 2. The molecule has 0 bridgehead atoms.